The summed E-state index contributed by atoms with van der Waals surface area (Å²) in [7, 11) is 0. The zero-order valence-electron chi connectivity index (χ0n) is 12.1. The minimum atomic E-state index is -0.542. The molecule has 2 aliphatic heterocycles. The van der Waals surface area contributed by atoms with E-state index in [1.165, 1.54) is 0 Å². The highest BCUT2D eigenvalue weighted by atomic mass is 35.5. The predicted octanol–water partition coefficient (Wildman–Crippen LogP) is 2.21. The Morgan fingerprint density at radius 3 is 2.91 bits per heavy atom. The Hall–Kier alpha value is -1.40. The van der Waals surface area contributed by atoms with E-state index >= 15 is 0 Å². The molecule has 2 aromatic rings. The molecule has 22 heavy (non-hydrogen) atoms. The Kier molecular flexibility index (Phi) is 3.46. The number of hydrogen-bond acceptors (Lipinski definition) is 4. The maximum atomic E-state index is 9.89. The van der Waals surface area contributed by atoms with Crippen molar-refractivity contribution in [3.05, 3.63) is 41.2 Å². The number of aromatic nitrogens is 2. The zero-order chi connectivity index (χ0) is 15.3. The van der Waals surface area contributed by atoms with Gasteiger partial charge < -0.3 is 19.1 Å². The topological polar surface area (TPSA) is 56.5 Å². The molecule has 2 fully saturated rings. The van der Waals surface area contributed by atoms with Gasteiger partial charge in [-0.3, -0.25) is 0 Å². The van der Waals surface area contributed by atoms with Crippen LogP contribution in [0.4, 0.5) is 0 Å². The lowest BCUT2D eigenvalue weighted by Crippen LogP contribution is -2.30. The SMILES string of the molecule is Cc1cc(Cl)ccc1-c1nccn1[C@H]1CO[C@H]2[C@@H]1OC[C@H]2O. The van der Waals surface area contributed by atoms with Gasteiger partial charge in [-0.25, -0.2) is 4.98 Å². The summed E-state index contributed by atoms with van der Waals surface area (Å²) >= 11 is 6.04. The van der Waals surface area contributed by atoms with Gasteiger partial charge in [-0.2, -0.15) is 0 Å². The summed E-state index contributed by atoms with van der Waals surface area (Å²) < 4.78 is 13.5. The van der Waals surface area contributed by atoms with Gasteiger partial charge in [0.15, 0.2) is 0 Å². The molecule has 116 valence electrons. The lowest BCUT2D eigenvalue weighted by molar-refractivity contribution is 0.0172. The van der Waals surface area contributed by atoms with Crippen LogP contribution in [0.3, 0.4) is 0 Å². The molecule has 4 rings (SSSR count). The number of hydrogen-bond donors (Lipinski definition) is 1. The number of halogens is 1. The molecule has 4 atom stereocenters. The van der Waals surface area contributed by atoms with Gasteiger partial charge in [-0.1, -0.05) is 11.6 Å². The van der Waals surface area contributed by atoms with Crippen LogP contribution in [0.2, 0.25) is 5.02 Å². The van der Waals surface area contributed by atoms with Crippen LogP contribution in [0.5, 0.6) is 0 Å². The fourth-order valence-corrected chi connectivity index (χ4v) is 3.59. The summed E-state index contributed by atoms with van der Waals surface area (Å²) in [6, 6.07) is 5.80. The maximum absolute atomic E-state index is 9.89. The Labute approximate surface area is 133 Å². The molecule has 0 saturated carbocycles. The van der Waals surface area contributed by atoms with Gasteiger partial charge in [-0.05, 0) is 30.7 Å². The van der Waals surface area contributed by atoms with E-state index in [4.69, 9.17) is 21.1 Å². The van der Waals surface area contributed by atoms with Crippen LogP contribution in [0.1, 0.15) is 11.6 Å². The summed E-state index contributed by atoms with van der Waals surface area (Å²) in [4.78, 5) is 4.50. The number of aryl methyl sites for hydroxylation is 1. The van der Waals surface area contributed by atoms with Crippen molar-refractivity contribution in [2.75, 3.05) is 13.2 Å². The fraction of sp³-hybridized carbons (Fsp3) is 0.438. The molecule has 2 aliphatic rings. The van der Waals surface area contributed by atoms with Gasteiger partial charge in [0.2, 0.25) is 0 Å². The Balaban J connectivity index is 1.72. The highest BCUT2D eigenvalue weighted by Crippen LogP contribution is 2.37. The smallest absolute Gasteiger partial charge is 0.140 e. The molecule has 6 heteroatoms. The lowest BCUT2D eigenvalue weighted by atomic mass is 10.1. The average Bonchev–Trinajstić information content (AvgIpc) is 3.17. The van der Waals surface area contributed by atoms with Crippen molar-refractivity contribution >= 4 is 11.6 Å². The molecule has 0 bridgehead atoms. The molecule has 3 heterocycles. The van der Waals surface area contributed by atoms with E-state index in [-0.39, 0.29) is 18.2 Å². The van der Waals surface area contributed by atoms with Crippen LogP contribution in [0.15, 0.2) is 30.6 Å². The van der Waals surface area contributed by atoms with E-state index in [2.05, 4.69) is 9.55 Å². The summed E-state index contributed by atoms with van der Waals surface area (Å²) in [5.41, 5.74) is 2.11. The maximum Gasteiger partial charge on any atom is 0.140 e. The van der Waals surface area contributed by atoms with E-state index in [0.717, 1.165) is 17.0 Å². The fourth-order valence-electron chi connectivity index (χ4n) is 3.36. The van der Waals surface area contributed by atoms with Crippen LogP contribution in [0, 0.1) is 6.92 Å². The normalized spacial score (nSPS) is 30.7. The van der Waals surface area contributed by atoms with Crippen LogP contribution >= 0.6 is 11.6 Å². The van der Waals surface area contributed by atoms with E-state index in [1.54, 1.807) is 6.20 Å². The van der Waals surface area contributed by atoms with Crippen LogP contribution < -0.4 is 0 Å². The predicted molar refractivity (Wildman–Crippen MR) is 81.9 cm³/mol. The molecule has 0 spiro atoms. The molecule has 0 aliphatic carbocycles. The van der Waals surface area contributed by atoms with Crippen molar-refractivity contribution in [3.63, 3.8) is 0 Å². The van der Waals surface area contributed by atoms with Crippen molar-refractivity contribution in [3.8, 4) is 11.4 Å². The third kappa shape index (κ3) is 2.16. The highest BCUT2D eigenvalue weighted by Gasteiger charge is 2.48. The number of benzene rings is 1. The van der Waals surface area contributed by atoms with Gasteiger partial charge in [0.25, 0.3) is 0 Å². The van der Waals surface area contributed by atoms with Crippen LogP contribution in [0.25, 0.3) is 11.4 Å². The van der Waals surface area contributed by atoms with Crippen molar-refractivity contribution < 1.29 is 14.6 Å². The number of aliphatic hydroxyl groups is 1. The van der Waals surface area contributed by atoms with Gasteiger partial charge >= 0.3 is 0 Å². The lowest BCUT2D eigenvalue weighted by Gasteiger charge is -2.20. The summed E-state index contributed by atoms with van der Waals surface area (Å²) in [5, 5.41) is 10.6. The summed E-state index contributed by atoms with van der Waals surface area (Å²) in [6.07, 6.45) is 2.80. The molecule has 0 amide bonds. The third-order valence-corrected chi connectivity index (χ3v) is 4.69. The molecular weight excluding hydrogens is 304 g/mol. The van der Waals surface area contributed by atoms with Crippen molar-refractivity contribution in [2.24, 2.45) is 0 Å². The first-order chi connectivity index (χ1) is 10.6. The van der Waals surface area contributed by atoms with Gasteiger partial charge in [-0.15, -0.1) is 0 Å². The molecular formula is C16H17ClN2O3. The first kappa shape index (κ1) is 14.2. The first-order valence-electron chi connectivity index (χ1n) is 7.36. The van der Waals surface area contributed by atoms with Crippen molar-refractivity contribution in [1.82, 2.24) is 9.55 Å². The quantitative estimate of drug-likeness (QED) is 0.921. The number of nitrogens with zero attached hydrogens (tertiary/aromatic N) is 2. The molecule has 0 radical (unpaired) electrons. The van der Waals surface area contributed by atoms with Crippen molar-refractivity contribution in [2.45, 2.75) is 31.3 Å². The number of rotatable bonds is 2. The average molecular weight is 321 g/mol. The van der Waals surface area contributed by atoms with Gasteiger partial charge in [0.1, 0.15) is 24.1 Å². The minimum absolute atomic E-state index is 0.0229. The van der Waals surface area contributed by atoms with Crippen LogP contribution in [-0.2, 0) is 9.47 Å². The Morgan fingerprint density at radius 2 is 2.09 bits per heavy atom. The first-order valence-corrected chi connectivity index (χ1v) is 7.73. The molecule has 5 nitrogen and oxygen atoms in total. The van der Waals surface area contributed by atoms with Crippen LogP contribution in [-0.4, -0.2) is 46.2 Å². The largest absolute Gasteiger partial charge is 0.388 e. The molecule has 2 saturated heterocycles. The third-order valence-electron chi connectivity index (χ3n) is 4.46. The number of ether oxygens (including phenoxy) is 2. The van der Waals surface area contributed by atoms with E-state index in [0.29, 0.717) is 18.2 Å². The number of aliphatic hydroxyl groups excluding tert-OH is 1. The summed E-state index contributed by atoms with van der Waals surface area (Å²) in [6.45, 7) is 2.86. The van der Waals surface area contributed by atoms with E-state index < -0.39 is 6.10 Å². The second kappa shape index (κ2) is 5.35. The second-order valence-electron chi connectivity index (χ2n) is 5.85. The summed E-state index contributed by atoms with van der Waals surface area (Å²) in [5.74, 6) is 0.869. The van der Waals surface area contributed by atoms with Crippen molar-refractivity contribution in [1.29, 1.82) is 0 Å². The monoisotopic (exact) mass is 320 g/mol. The Morgan fingerprint density at radius 1 is 1.27 bits per heavy atom. The zero-order valence-corrected chi connectivity index (χ0v) is 12.9. The van der Waals surface area contributed by atoms with Gasteiger partial charge in [0, 0.05) is 23.0 Å². The highest BCUT2D eigenvalue weighted by molar-refractivity contribution is 6.30. The molecule has 1 N–H and O–H groups in total. The van der Waals surface area contributed by atoms with Gasteiger partial charge in [0.05, 0.1) is 19.3 Å². The molecule has 1 aromatic carbocycles. The number of fused-ring (bicyclic) bond motifs is 1. The van der Waals surface area contributed by atoms with E-state index in [1.807, 2.05) is 31.3 Å². The minimum Gasteiger partial charge on any atom is -0.388 e. The Bertz CT molecular complexity index is 702. The van der Waals surface area contributed by atoms with E-state index in [9.17, 15) is 5.11 Å². The molecule has 0 unspecified atom stereocenters. The molecule has 1 aromatic heterocycles. The second-order valence-corrected chi connectivity index (χ2v) is 6.28. The number of imidazole rings is 1. The standard InChI is InChI=1S/C16H17ClN2O3/c1-9-6-10(17)2-3-11(9)16-18-4-5-19(16)12-7-21-15-13(20)8-22-14(12)15/h2-6,12-15,20H,7-8H2,1H3/t12-,13+,14+,15+/m0/s1.